The molecule has 34 heavy (non-hydrogen) atoms. The third kappa shape index (κ3) is 5.52. The predicted octanol–water partition coefficient (Wildman–Crippen LogP) is 3.55. The Balaban J connectivity index is 1.77. The predicted molar refractivity (Wildman–Crippen MR) is 129 cm³/mol. The van der Waals surface area contributed by atoms with Gasteiger partial charge in [0, 0.05) is 30.8 Å². The number of nitrogens with zero attached hydrogens (tertiary/aromatic N) is 4. The molecule has 0 saturated carbocycles. The molecule has 0 spiro atoms. The molecule has 0 aliphatic heterocycles. The molecule has 0 saturated heterocycles. The van der Waals surface area contributed by atoms with E-state index in [0.29, 0.717) is 17.9 Å². The summed E-state index contributed by atoms with van der Waals surface area (Å²) in [6.07, 6.45) is 6.82. The monoisotopic (exact) mass is 482 g/mol. The molecule has 0 aliphatic rings. The molecule has 0 N–H and O–H groups in total. The van der Waals surface area contributed by atoms with Crippen molar-refractivity contribution < 1.29 is 22.1 Å². The molecule has 4 rings (SSSR count). The molecule has 0 radical (unpaired) electrons. The van der Waals surface area contributed by atoms with Crippen molar-refractivity contribution in [2.45, 2.75) is 12.3 Å². The zero-order valence-corrected chi connectivity index (χ0v) is 20.2. The van der Waals surface area contributed by atoms with Crippen molar-refractivity contribution in [2.75, 3.05) is 27.1 Å². The van der Waals surface area contributed by atoms with Crippen molar-refractivity contribution >= 4 is 21.2 Å². The summed E-state index contributed by atoms with van der Waals surface area (Å²) in [6, 6.07) is 11.5. The van der Waals surface area contributed by atoms with Crippen molar-refractivity contribution in [1.82, 2.24) is 19.7 Å². The largest absolute Gasteiger partial charge is 0.497 e. The summed E-state index contributed by atoms with van der Waals surface area (Å²) >= 11 is 0. The van der Waals surface area contributed by atoms with Crippen molar-refractivity contribution in [2.24, 2.45) is 7.05 Å². The highest BCUT2D eigenvalue weighted by Crippen LogP contribution is 2.35. The molecule has 2 heterocycles. The second-order valence-corrected chi connectivity index (χ2v) is 9.56. The zero-order valence-electron chi connectivity index (χ0n) is 19.4. The van der Waals surface area contributed by atoms with E-state index >= 15 is 0 Å². The van der Waals surface area contributed by atoms with Crippen LogP contribution in [0.15, 0.2) is 55.0 Å². The smallest absolute Gasteiger partial charge is 0.264 e. The first-order valence-corrected chi connectivity index (χ1v) is 12.4. The van der Waals surface area contributed by atoms with Crippen LogP contribution >= 0.6 is 0 Å². The first-order valence-electron chi connectivity index (χ1n) is 10.6. The van der Waals surface area contributed by atoms with Gasteiger partial charge in [-0.15, -0.1) is 0 Å². The van der Waals surface area contributed by atoms with Crippen LogP contribution in [0.4, 0.5) is 0 Å². The summed E-state index contributed by atoms with van der Waals surface area (Å²) in [5, 5.41) is 4.21. The summed E-state index contributed by atoms with van der Waals surface area (Å²) in [4.78, 5) is 9.34. The molecule has 178 valence electrons. The van der Waals surface area contributed by atoms with Crippen LogP contribution in [0, 0.1) is 0 Å². The number of fused-ring (bicyclic) bond motifs is 1. The molecule has 1 atom stereocenters. The minimum absolute atomic E-state index is 0.0302. The maximum Gasteiger partial charge on any atom is 0.264 e. The van der Waals surface area contributed by atoms with Gasteiger partial charge in [0.05, 0.1) is 56.2 Å². The van der Waals surface area contributed by atoms with E-state index in [0.717, 1.165) is 39.7 Å². The Morgan fingerprint density at radius 2 is 1.71 bits per heavy atom. The molecule has 2 aromatic carbocycles. The van der Waals surface area contributed by atoms with Crippen LogP contribution in [0.5, 0.6) is 11.5 Å². The molecule has 10 heteroatoms. The van der Waals surface area contributed by atoms with Crippen molar-refractivity contribution in [3.05, 3.63) is 66.1 Å². The summed E-state index contributed by atoms with van der Waals surface area (Å²) in [7, 11) is 1.47. The topological polar surface area (TPSA) is 105 Å². The fourth-order valence-corrected chi connectivity index (χ4v) is 4.21. The van der Waals surface area contributed by atoms with Gasteiger partial charge in [-0.05, 0) is 41.8 Å². The first kappa shape index (κ1) is 23.7. The molecule has 0 amide bonds. The van der Waals surface area contributed by atoms with Crippen molar-refractivity contribution in [1.29, 1.82) is 0 Å². The lowest BCUT2D eigenvalue weighted by atomic mass is 9.88. The molecule has 9 nitrogen and oxygen atoms in total. The third-order valence-electron chi connectivity index (χ3n) is 5.45. The van der Waals surface area contributed by atoms with Crippen LogP contribution in [-0.2, 0) is 21.3 Å². The van der Waals surface area contributed by atoms with Crippen molar-refractivity contribution in [3.8, 4) is 22.8 Å². The number of aryl methyl sites for hydroxylation is 1. The fourth-order valence-electron chi connectivity index (χ4n) is 3.81. The Hall–Kier alpha value is -3.50. The maximum atomic E-state index is 11.5. The fraction of sp³-hybridized carbons (Fsp3) is 0.292. The van der Waals surface area contributed by atoms with Gasteiger partial charge in [0.25, 0.3) is 10.1 Å². The molecule has 0 fully saturated rings. The lowest BCUT2D eigenvalue weighted by Crippen LogP contribution is -2.10. The number of hydrogen-bond donors (Lipinski definition) is 0. The van der Waals surface area contributed by atoms with Gasteiger partial charge in [0.2, 0.25) is 0 Å². The van der Waals surface area contributed by atoms with Crippen LogP contribution in [0.25, 0.3) is 22.3 Å². The molecule has 0 aliphatic carbocycles. The lowest BCUT2D eigenvalue weighted by Gasteiger charge is -2.20. The van der Waals surface area contributed by atoms with E-state index in [1.165, 1.54) is 0 Å². The van der Waals surface area contributed by atoms with Crippen LogP contribution < -0.4 is 9.47 Å². The molecular weight excluding hydrogens is 456 g/mol. The normalized spacial score (nSPS) is 12.6. The average molecular weight is 483 g/mol. The van der Waals surface area contributed by atoms with E-state index in [9.17, 15) is 8.42 Å². The molecular formula is C24H26N4O5S. The van der Waals surface area contributed by atoms with Gasteiger partial charge >= 0.3 is 0 Å². The first-order chi connectivity index (χ1) is 16.3. The Bertz CT molecular complexity index is 1400. The Morgan fingerprint density at radius 1 is 0.971 bits per heavy atom. The molecule has 4 aromatic rings. The summed E-state index contributed by atoms with van der Waals surface area (Å²) < 4.78 is 40.7. The van der Waals surface area contributed by atoms with Crippen LogP contribution in [0.2, 0.25) is 0 Å². The highest BCUT2D eigenvalue weighted by Gasteiger charge is 2.19. The van der Waals surface area contributed by atoms with E-state index < -0.39 is 10.1 Å². The number of rotatable bonds is 9. The minimum Gasteiger partial charge on any atom is -0.497 e. The number of methoxy groups -OCH3 is 2. The Morgan fingerprint density at radius 3 is 2.32 bits per heavy atom. The average Bonchev–Trinajstić information content (AvgIpc) is 3.26. The van der Waals surface area contributed by atoms with Gasteiger partial charge < -0.3 is 9.47 Å². The molecule has 2 aromatic heterocycles. The Kier molecular flexibility index (Phi) is 6.80. The van der Waals surface area contributed by atoms with E-state index in [4.69, 9.17) is 18.6 Å². The van der Waals surface area contributed by atoms with Gasteiger partial charge in [-0.2, -0.15) is 13.5 Å². The van der Waals surface area contributed by atoms with E-state index in [-0.39, 0.29) is 12.5 Å². The van der Waals surface area contributed by atoms with Crippen LogP contribution in [0.1, 0.15) is 23.5 Å². The molecule has 1 unspecified atom stereocenters. The second kappa shape index (κ2) is 9.78. The van der Waals surface area contributed by atoms with E-state index in [1.54, 1.807) is 37.4 Å². The summed E-state index contributed by atoms with van der Waals surface area (Å²) in [5.74, 6) is 1.09. The van der Waals surface area contributed by atoms with Gasteiger partial charge in [0.15, 0.2) is 0 Å². The number of ether oxygens (including phenoxy) is 2. The van der Waals surface area contributed by atoms with E-state index in [1.807, 2.05) is 43.6 Å². The number of aromatic nitrogens is 4. The van der Waals surface area contributed by atoms with Crippen LogP contribution in [0.3, 0.4) is 0 Å². The van der Waals surface area contributed by atoms with Gasteiger partial charge in [-0.25, -0.2) is 4.98 Å². The minimum atomic E-state index is -3.56. The Labute approximate surface area is 198 Å². The SMILES string of the molecule is COc1cc(OC)cc(C(CCOS(C)(=O)=O)c2ccc3ncc(-c4cnn(C)c4)nc3c2)c1. The zero-order chi connectivity index (χ0) is 24.3. The van der Waals surface area contributed by atoms with E-state index in [2.05, 4.69) is 10.1 Å². The molecule has 0 bridgehead atoms. The summed E-state index contributed by atoms with van der Waals surface area (Å²) in [5.41, 5.74) is 4.92. The third-order valence-corrected chi connectivity index (χ3v) is 6.04. The van der Waals surface area contributed by atoms with Gasteiger partial charge in [-0.3, -0.25) is 13.8 Å². The van der Waals surface area contributed by atoms with Crippen LogP contribution in [-0.4, -0.2) is 55.2 Å². The maximum absolute atomic E-state index is 11.5. The van der Waals surface area contributed by atoms with Gasteiger partial charge in [0.1, 0.15) is 11.5 Å². The quantitative estimate of drug-likeness (QED) is 0.334. The standard InChI is InChI=1S/C24H26N4O5S/c1-28-15-18(13-26-28)24-14-25-22-6-5-16(11-23(22)27-24)21(7-8-33-34(4,29)30)17-9-19(31-2)12-20(10-17)32-3/h5-6,9-15,21H,7-8H2,1-4H3. The number of benzene rings is 2. The van der Waals surface area contributed by atoms with Gasteiger partial charge in [-0.1, -0.05) is 6.07 Å². The lowest BCUT2D eigenvalue weighted by molar-refractivity contribution is 0.308. The second-order valence-electron chi connectivity index (χ2n) is 7.92. The number of hydrogen-bond acceptors (Lipinski definition) is 8. The highest BCUT2D eigenvalue weighted by molar-refractivity contribution is 7.85. The van der Waals surface area contributed by atoms with Crippen molar-refractivity contribution in [3.63, 3.8) is 0 Å². The summed E-state index contributed by atoms with van der Waals surface area (Å²) in [6.45, 7) is 0.0302. The highest BCUT2D eigenvalue weighted by atomic mass is 32.2.